The van der Waals surface area contributed by atoms with Crippen LogP contribution < -0.4 is 14.8 Å². The second-order valence-corrected chi connectivity index (χ2v) is 5.97. The summed E-state index contributed by atoms with van der Waals surface area (Å²) in [5.74, 6) is 2.30. The smallest absolute Gasteiger partial charge is 0.162 e. The molecule has 0 spiro atoms. The van der Waals surface area contributed by atoms with Gasteiger partial charge >= 0.3 is 0 Å². The van der Waals surface area contributed by atoms with E-state index in [4.69, 9.17) is 9.47 Å². The van der Waals surface area contributed by atoms with Crippen LogP contribution in [0.3, 0.4) is 0 Å². The lowest BCUT2D eigenvalue weighted by molar-refractivity contribution is 0.297. The van der Waals surface area contributed by atoms with E-state index in [9.17, 15) is 5.26 Å². The van der Waals surface area contributed by atoms with Crippen LogP contribution in [0.2, 0.25) is 0 Å². The molecule has 2 rings (SSSR count). The quantitative estimate of drug-likeness (QED) is 0.846. The van der Waals surface area contributed by atoms with Crippen molar-refractivity contribution in [1.82, 2.24) is 5.32 Å². The van der Waals surface area contributed by atoms with Crippen LogP contribution in [0.1, 0.15) is 20.3 Å². The summed E-state index contributed by atoms with van der Waals surface area (Å²) < 4.78 is 11.3. The van der Waals surface area contributed by atoms with Gasteiger partial charge in [-0.2, -0.15) is 5.26 Å². The molecule has 108 valence electrons. The minimum atomic E-state index is -0.510. The van der Waals surface area contributed by atoms with E-state index in [0.717, 1.165) is 29.4 Å². The Morgan fingerprint density at radius 1 is 1.35 bits per heavy atom. The summed E-state index contributed by atoms with van der Waals surface area (Å²) in [6.45, 7) is 6.10. The summed E-state index contributed by atoms with van der Waals surface area (Å²) in [7, 11) is 0. The van der Waals surface area contributed by atoms with Crippen molar-refractivity contribution in [3.63, 3.8) is 0 Å². The van der Waals surface area contributed by atoms with Gasteiger partial charge in [0.15, 0.2) is 11.5 Å². The molecule has 0 saturated heterocycles. The molecular weight excluding hydrogens is 272 g/mol. The van der Waals surface area contributed by atoms with Gasteiger partial charge < -0.3 is 9.47 Å². The zero-order chi connectivity index (χ0) is 14.4. The van der Waals surface area contributed by atoms with Crippen LogP contribution >= 0.6 is 11.8 Å². The molecule has 0 bridgehead atoms. The first kappa shape index (κ1) is 15.0. The van der Waals surface area contributed by atoms with E-state index in [1.807, 2.05) is 32.0 Å². The predicted octanol–water partition coefficient (Wildman–Crippen LogP) is 2.83. The van der Waals surface area contributed by atoms with Crippen molar-refractivity contribution >= 4 is 11.8 Å². The first-order chi connectivity index (χ1) is 9.67. The first-order valence-electron chi connectivity index (χ1n) is 6.85. The van der Waals surface area contributed by atoms with Gasteiger partial charge in [-0.15, -0.1) is 11.8 Å². The highest BCUT2D eigenvalue weighted by Crippen LogP contribution is 2.34. The lowest BCUT2D eigenvalue weighted by Crippen LogP contribution is -2.43. The number of hydrogen-bond acceptors (Lipinski definition) is 5. The Hall–Kier alpha value is -1.38. The zero-order valence-corrected chi connectivity index (χ0v) is 12.8. The number of ether oxygens (including phenoxy) is 2. The number of hydrogen-bond donors (Lipinski definition) is 1. The monoisotopic (exact) mass is 292 g/mol. The number of nitrogens with zero attached hydrogens (tertiary/aromatic N) is 1. The van der Waals surface area contributed by atoms with Crippen molar-refractivity contribution in [2.75, 3.05) is 25.5 Å². The van der Waals surface area contributed by atoms with Gasteiger partial charge in [-0.05, 0) is 31.7 Å². The van der Waals surface area contributed by atoms with Crippen molar-refractivity contribution < 1.29 is 9.47 Å². The highest BCUT2D eigenvalue weighted by Gasteiger charge is 2.22. The van der Waals surface area contributed by atoms with Gasteiger partial charge in [0.25, 0.3) is 0 Å². The maximum atomic E-state index is 9.25. The first-order valence-corrected chi connectivity index (χ1v) is 7.84. The SMILES string of the molecule is CCNC(C)(C#N)CSc1ccc2c(c1)OCCCO2. The summed E-state index contributed by atoms with van der Waals surface area (Å²) in [6.07, 6.45) is 0.907. The van der Waals surface area contributed by atoms with Crippen LogP contribution in [0, 0.1) is 11.3 Å². The molecule has 1 aliphatic heterocycles. The molecular formula is C15H20N2O2S. The van der Waals surface area contributed by atoms with E-state index in [0.29, 0.717) is 19.0 Å². The van der Waals surface area contributed by atoms with Crippen LogP contribution in [0.15, 0.2) is 23.1 Å². The highest BCUT2D eigenvalue weighted by molar-refractivity contribution is 7.99. The maximum Gasteiger partial charge on any atom is 0.162 e. The molecule has 5 heteroatoms. The number of rotatable bonds is 5. The molecule has 0 fully saturated rings. The average Bonchev–Trinajstić information content (AvgIpc) is 2.70. The van der Waals surface area contributed by atoms with Crippen LogP contribution in [-0.2, 0) is 0 Å². The molecule has 1 unspecified atom stereocenters. The van der Waals surface area contributed by atoms with Crippen LogP contribution in [0.4, 0.5) is 0 Å². The van der Waals surface area contributed by atoms with E-state index >= 15 is 0 Å². The van der Waals surface area contributed by atoms with Crippen LogP contribution in [0.25, 0.3) is 0 Å². The Balaban J connectivity index is 2.03. The van der Waals surface area contributed by atoms with Gasteiger partial charge in [0.05, 0.1) is 19.3 Å². The Morgan fingerprint density at radius 2 is 2.10 bits per heavy atom. The largest absolute Gasteiger partial charge is 0.490 e. The summed E-state index contributed by atoms with van der Waals surface area (Å²) in [6, 6.07) is 8.29. The standard InChI is InChI=1S/C15H20N2O2S/c1-3-17-15(2,10-16)11-20-12-5-6-13-14(9-12)19-8-4-7-18-13/h5-6,9,17H,3-4,7-8,11H2,1-2H3. The maximum absolute atomic E-state index is 9.25. The Labute approximate surface area is 124 Å². The second-order valence-electron chi connectivity index (χ2n) is 4.92. The molecule has 4 nitrogen and oxygen atoms in total. The van der Waals surface area contributed by atoms with Gasteiger partial charge in [-0.3, -0.25) is 5.32 Å². The van der Waals surface area contributed by atoms with E-state index in [1.54, 1.807) is 11.8 Å². The molecule has 1 heterocycles. The van der Waals surface area contributed by atoms with Crippen molar-refractivity contribution in [2.24, 2.45) is 0 Å². The predicted molar refractivity (Wildman–Crippen MR) is 80.5 cm³/mol. The summed E-state index contributed by atoms with van der Waals surface area (Å²) >= 11 is 1.65. The topological polar surface area (TPSA) is 54.3 Å². The van der Waals surface area contributed by atoms with Gasteiger partial charge in [-0.25, -0.2) is 0 Å². The third-order valence-corrected chi connectivity index (χ3v) is 4.37. The minimum absolute atomic E-state index is 0.510. The number of nitrogens with one attached hydrogen (secondary N) is 1. The fourth-order valence-electron chi connectivity index (χ4n) is 1.97. The molecule has 1 aliphatic rings. The van der Waals surface area contributed by atoms with E-state index in [1.165, 1.54) is 0 Å². The van der Waals surface area contributed by atoms with Gasteiger partial charge in [0, 0.05) is 17.1 Å². The second kappa shape index (κ2) is 6.87. The zero-order valence-electron chi connectivity index (χ0n) is 11.9. The lowest BCUT2D eigenvalue weighted by atomic mass is 10.1. The van der Waals surface area contributed by atoms with Crippen LogP contribution in [-0.4, -0.2) is 31.1 Å². The molecule has 0 aromatic heterocycles. The Morgan fingerprint density at radius 3 is 2.80 bits per heavy atom. The Bertz CT molecular complexity index is 501. The lowest BCUT2D eigenvalue weighted by Gasteiger charge is -2.22. The number of thioether (sulfide) groups is 1. The molecule has 0 aliphatic carbocycles. The summed E-state index contributed by atoms with van der Waals surface area (Å²) in [4.78, 5) is 1.09. The minimum Gasteiger partial charge on any atom is -0.490 e. The van der Waals surface area contributed by atoms with Gasteiger partial charge in [0.2, 0.25) is 0 Å². The average molecular weight is 292 g/mol. The fraction of sp³-hybridized carbons (Fsp3) is 0.533. The number of fused-ring (bicyclic) bond motifs is 1. The molecule has 1 atom stereocenters. The molecule has 0 amide bonds. The van der Waals surface area contributed by atoms with E-state index in [2.05, 4.69) is 11.4 Å². The van der Waals surface area contributed by atoms with Crippen molar-refractivity contribution in [3.05, 3.63) is 18.2 Å². The van der Waals surface area contributed by atoms with Crippen molar-refractivity contribution in [2.45, 2.75) is 30.7 Å². The van der Waals surface area contributed by atoms with Crippen LogP contribution in [0.5, 0.6) is 11.5 Å². The molecule has 0 saturated carbocycles. The fourth-order valence-corrected chi connectivity index (χ4v) is 2.95. The molecule has 1 N–H and O–H groups in total. The number of nitriles is 1. The summed E-state index contributed by atoms with van der Waals surface area (Å²) in [5.41, 5.74) is -0.510. The van der Waals surface area contributed by atoms with E-state index < -0.39 is 5.54 Å². The number of benzene rings is 1. The molecule has 1 aromatic rings. The highest BCUT2D eigenvalue weighted by atomic mass is 32.2. The Kier molecular flexibility index (Phi) is 5.16. The summed E-state index contributed by atoms with van der Waals surface area (Å²) in [5, 5.41) is 12.5. The molecule has 20 heavy (non-hydrogen) atoms. The van der Waals surface area contributed by atoms with Gasteiger partial charge in [0.1, 0.15) is 5.54 Å². The third-order valence-electron chi connectivity index (χ3n) is 3.06. The van der Waals surface area contributed by atoms with Crippen molar-refractivity contribution in [3.8, 4) is 17.6 Å². The molecule has 0 radical (unpaired) electrons. The molecule has 1 aromatic carbocycles. The third kappa shape index (κ3) is 3.81. The van der Waals surface area contributed by atoms with E-state index in [-0.39, 0.29) is 0 Å². The van der Waals surface area contributed by atoms with Gasteiger partial charge in [-0.1, -0.05) is 6.92 Å². The van der Waals surface area contributed by atoms with Crippen molar-refractivity contribution in [1.29, 1.82) is 5.26 Å². The normalized spacial score (nSPS) is 16.9.